The van der Waals surface area contributed by atoms with Crippen LogP contribution in [0.3, 0.4) is 0 Å². The van der Waals surface area contributed by atoms with Gasteiger partial charge in [-0.2, -0.15) is 0 Å². The predicted octanol–water partition coefficient (Wildman–Crippen LogP) is 1.52. The van der Waals surface area contributed by atoms with Crippen LogP contribution in [0, 0.1) is 0 Å². The van der Waals surface area contributed by atoms with Crippen LogP contribution in [-0.4, -0.2) is 43.9 Å². The molecule has 1 aromatic rings. The van der Waals surface area contributed by atoms with Gasteiger partial charge in [-0.05, 0) is 31.7 Å². The van der Waals surface area contributed by atoms with E-state index in [1.807, 2.05) is 25.2 Å². The molecule has 1 atom stereocenters. The van der Waals surface area contributed by atoms with E-state index in [0.717, 1.165) is 23.6 Å². The monoisotopic (exact) mass is 239 g/mol. The van der Waals surface area contributed by atoms with Crippen molar-refractivity contribution in [2.24, 2.45) is 0 Å². The maximum atomic E-state index is 9.30. The average molecular weight is 239 g/mol. The number of methoxy groups -OCH3 is 2. The SMILES string of the molecule is COc1ccc(CN(C)C[C@H](C)O)cc1OC. The van der Waals surface area contributed by atoms with Gasteiger partial charge in [0.15, 0.2) is 11.5 Å². The van der Waals surface area contributed by atoms with Crippen LogP contribution in [-0.2, 0) is 6.54 Å². The van der Waals surface area contributed by atoms with Crippen molar-refractivity contribution in [3.05, 3.63) is 23.8 Å². The Kier molecular flexibility index (Phi) is 5.25. The molecule has 0 aliphatic carbocycles. The minimum atomic E-state index is -0.319. The molecule has 0 aromatic heterocycles. The Bertz CT molecular complexity index is 353. The first kappa shape index (κ1) is 13.8. The number of ether oxygens (including phenoxy) is 2. The zero-order valence-corrected chi connectivity index (χ0v) is 10.9. The van der Waals surface area contributed by atoms with E-state index in [4.69, 9.17) is 9.47 Å². The topological polar surface area (TPSA) is 41.9 Å². The third kappa shape index (κ3) is 4.24. The van der Waals surface area contributed by atoms with Crippen molar-refractivity contribution >= 4 is 0 Å². The van der Waals surface area contributed by atoms with E-state index in [1.54, 1.807) is 21.1 Å². The van der Waals surface area contributed by atoms with Crippen molar-refractivity contribution in [1.29, 1.82) is 0 Å². The first-order valence-electron chi connectivity index (χ1n) is 5.64. The first-order chi connectivity index (χ1) is 8.06. The van der Waals surface area contributed by atoms with Gasteiger partial charge in [0.2, 0.25) is 0 Å². The fourth-order valence-corrected chi connectivity index (χ4v) is 1.81. The molecule has 0 fully saturated rings. The molecule has 0 unspecified atom stereocenters. The number of nitrogens with zero attached hydrogens (tertiary/aromatic N) is 1. The maximum absolute atomic E-state index is 9.30. The van der Waals surface area contributed by atoms with Crippen molar-refractivity contribution in [2.75, 3.05) is 27.8 Å². The number of hydrogen-bond acceptors (Lipinski definition) is 4. The lowest BCUT2D eigenvalue weighted by atomic mass is 10.2. The van der Waals surface area contributed by atoms with Gasteiger partial charge in [-0.15, -0.1) is 0 Å². The molecular weight excluding hydrogens is 218 g/mol. The molecule has 0 spiro atoms. The lowest BCUT2D eigenvalue weighted by molar-refractivity contribution is 0.138. The Morgan fingerprint density at radius 3 is 2.41 bits per heavy atom. The second kappa shape index (κ2) is 6.47. The Morgan fingerprint density at radius 1 is 1.24 bits per heavy atom. The first-order valence-corrected chi connectivity index (χ1v) is 5.64. The summed E-state index contributed by atoms with van der Waals surface area (Å²) < 4.78 is 10.4. The molecule has 0 radical (unpaired) electrons. The third-order valence-corrected chi connectivity index (χ3v) is 2.48. The molecule has 0 amide bonds. The lowest BCUT2D eigenvalue weighted by Gasteiger charge is -2.19. The van der Waals surface area contributed by atoms with Crippen molar-refractivity contribution in [2.45, 2.75) is 19.6 Å². The summed E-state index contributed by atoms with van der Waals surface area (Å²) in [6.07, 6.45) is -0.319. The number of rotatable bonds is 6. The summed E-state index contributed by atoms with van der Waals surface area (Å²) in [6.45, 7) is 3.20. The summed E-state index contributed by atoms with van der Waals surface area (Å²) >= 11 is 0. The van der Waals surface area contributed by atoms with Gasteiger partial charge in [-0.3, -0.25) is 4.90 Å². The lowest BCUT2D eigenvalue weighted by Crippen LogP contribution is -2.26. The van der Waals surface area contributed by atoms with Crippen LogP contribution in [0.5, 0.6) is 11.5 Å². The summed E-state index contributed by atoms with van der Waals surface area (Å²) in [7, 11) is 5.22. The minimum Gasteiger partial charge on any atom is -0.493 e. The number of aliphatic hydroxyl groups excluding tert-OH is 1. The largest absolute Gasteiger partial charge is 0.493 e. The number of likely N-dealkylation sites (N-methyl/N-ethyl adjacent to an activating group) is 1. The van der Waals surface area contributed by atoms with Gasteiger partial charge in [-0.1, -0.05) is 6.07 Å². The Morgan fingerprint density at radius 2 is 1.88 bits per heavy atom. The second-order valence-corrected chi connectivity index (χ2v) is 4.24. The molecule has 1 N–H and O–H groups in total. The van der Waals surface area contributed by atoms with E-state index >= 15 is 0 Å². The van der Waals surface area contributed by atoms with Crippen LogP contribution < -0.4 is 9.47 Å². The maximum Gasteiger partial charge on any atom is 0.161 e. The molecule has 17 heavy (non-hydrogen) atoms. The van der Waals surface area contributed by atoms with Gasteiger partial charge < -0.3 is 14.6 Å². The van der Waals surface area contributed by atoms with Crippen molar-refractivity contribution in [3.8, 4) is 11.5 Å². The number of hydrogen-bond donors (Lipinski definition) is 1. The van der Waals surface area contributed by atoms with Crippen molar-refractivity contribution in [3.63, 3.8) is 0 Å². The van der Waals surface area contributed by atoms with Crippen molar-refractivity contribution < 1.29 is 14.6 Å². The molecule has 4 heteroatoms. The highest BCUT2D eigenvalue weighted by Crippen LogP contribution is 2.27. The smallest absolute Gasteiger partial charge is 0.161 e. The molecule has 0 bridgehead atoms. The summed E-state index contributed by atoms with van der Waals surface area (Å²) in [4.78, 5) is 2.06. The minimum absolute atomic E-state index is 0.319. The van der Waals surface area contributed by atoms with Crippen LogP contribution in [0.4, 0.5) is 0 Å². The van der Waals surface area contributed by atoms with Crippen LogP contribution in [0.15, 0.2) is 18.2 Å². The number of aliphatic hydroxyl groups is 1. The quantitative estimate of drug-likeness (QED) is 0.817. The summed E-state index contributed by atoms with van der Waals surface area (Å²) in [5.74, 6) is 1.46. The zero-order valence-electron chi connectivity index (χ0n) is 10.9. The zero-order chi connectivity index (χ0) is 12.8. The summed E-state index contributed by atoms with van der Waals surface area (Å²) in [6, 6.07) is 5.85. The van der Waals surface area contributed by atoms with Crippen LogP contribution in [0.2, 0.25) is 0 Å². The van der Waals surface area contributed by atoms with Crippen LogP contribution >= 0.6 is 0 Å². The fourth-order valence-electron chi connectivity index (χ4n) is 1.81. The summed E-state index contributed by atoms with van der Waals surface area (Å²) in [5.41, 5.74) is 1.13. The van der Waals surface area contributed by atoms with Gasteiger partial charge in [0, 0.05) is 13.1 Å². The van der Waals surface area contributed by atoms with Crippen LogP contribution in [0.1, 0.15) is 12.5 Å². The Balaban J connectivity index is 2.72. The molecule has 0 aliphatic heterocycles. The van der Waals surface area contributed by atoms with E-state index in [0.29, 0.717) is 6.54 Å². The van der Waals surface area contributed by atoms with E-state index in [-0.39, 0.29) is 6.10 Å². The van der Waals surface area contributed by atoms with E-state index in [2.05, 4.69) is 4.90 Å². The van der Waals surface area contributed by atoms with Gasteiger partial charge in [0.1, 0.15) is 0 Å². The standard InChI is InChI=1S/C13H21NO3/c1-10(15)8-14(2)9-11-5-6-12(16-3)13(7-11)17-4/h5-7,10,15H,8-9H2,1-4H3/t10-/m0/s1. The molecule has 0 saturated heterocycles. The third-order valence-electron chi connectivity index (χ3n) is 2.48. The average Bonchev–Trinajstić information content (AvgIpc) is 2.27. The van der Waals surface area contributed by atoms with Gasteiger partial charge in [0.05, 0.1) is 20.3 Å². The molecule has 0 saturated carbocycles. The summed E-state index contributed by atoms with van der Waals surface area (Å²) in [5, 5.41) is 9.30. The Hall–Kier alpha value is -1.26. The van der Waals surface area contributed by atoms with Gasteiger partial charge in [-0.25, -0.2) is 0 Å². The predicted molar refractivity (Wildman–Crippen MR) is 67.6 cm³/mol. The molecular formula is C13H21NO3. The Labute approximate surface area is 103 Å². The molecule has 4 nitrogen and oxygen atoms in total. The van der Waals surface area contributed by atoms with Crippen LogP contribution in [0.25, 0.3) is 0 Å². The molecule has 0 heterocycles. The van der Waals surface area contributed by atoms with Gasteiger partial charge >= 0.3 is 0 Å². The molecule has 1 rings (SSSR count). The van der Waals surface area contributed by atoms with E-state index < -0.39 is 0 Å². The fraction of sp³-hybridized carbons (Fsp3) is 0.538. The highest BCUT2D eigenvalue weighted by molar-refractivity contribution is 5.42. The molecule has 1 aromatic carbocycles. The molecule has 96 valence electrons. The van der Waals surface area contributed by atoms with Gasteiger partial charge in [0.25, 0.3) is 0 Å². The number of benzene rings is 1. The molecule has 0 aliphatic rings. The highest BCUT2D eigenvalue weighted by Gasteiger charge is 2.07. The van der Waals surface area contributed by atoms with E-state index in [1.165, 1.54) is 0 Å². The van der Waals surface area contributed by atoms with Crippen molar-refractivity contribution in [1.82, 2.24) is 4.90 Å². The normalized spacial score (nSPS) is 12.6. The highest BCUT2D eigenvalue weighted by atomic mass is 16.5. The van der Waals surface area contributed by atoms with E-state index in [9.17, 15) is 5.11 Å². The second-order valence-electron chi connectivity index (χ2n) is 4.24.